The molecule has 1 heterocycles. The third kappa shape index (κ3) is 7.33. The first kappa shape index (κ1) is 23.2. The quantitative estimate of drug-likeness (QED) is 0.788. The lowest BCUT2D eigenvalue weighted by molar-refractivity contribution is 0.00974. The normalized spacial score (nSPS) is 19.9. The number of benzene rings is 1. The number of carbonyl (C=O) groups excluding carboxylic acids is 2. The van der Waals surface area contributed by atoms with E-state index in [1.807, 2.05) is 64.0 Å². The van der Waals surface area contributed by atoms with Crippen LogP contribution in [0.3, 0.4) is 0 Å². The van der Waals surface area contributed by atoms with Crippen LogP contribution in [0.1, 0.15) is 49.5 Å². The minimum absolute atomic E-state index is 0.0175. The zero-order chi connectivity index (χ0) is 21.6. The molecule has 1 fully saturated rings. The molecule has 1 aromatic rings. The van der Waals surface area contributed by atoms with Gasteiger partial charge in [0.05, 0.1) is 12.1 Å². The first-order valence-electron chi connectivity index (χ1n) is 10.1. The van der Waals surface area contributed by atoms with Crippen molar-refractivity contribution in [3.8, 4) is 0 Å². The largest absolute Gasteiger partial charge is 0.444 e. The number of likely N-dealkylation sites (tertiary alicyclic amines) is 1. The van der Waals surface area contributed by atoms with Crippen molar-refractivity contribution >= 4 is 12.0 Å². The first-order chi connectivity index (χ1) is 13.6. The molecule has 0 spiro atoms. The number of amides is 2. The molecule has 1 aliphatic rings. The Morgan fingerprint density at radius 2 is 2.00 bits per heavy atom. The molecule has 0 unspecified atom stereocenters. The maximum Gasteiger partial charge on any atom is 0.407 e. The van der Waals surface area contributed by atoms with Crippen LogP contribution < -0.4 is 5.32 Å². The molecule has 1 aliphatic heterocycles. The second-order valence-corrected chi connectivity index (χ2v) is 8.86. The number of alkyl carbamates (subject to hydrolysis) is 1. The van der Waals surface area contributed by atoms with Gasteiger partial charge in [0.15, 0.2) is 0 Å². The molecule has 0 radical (unpaired) electrons. The highest BCUT2D eigenvalue weighted by Gasteiger charge is 2.33. The SMILES string of the molecule is CO[C@@H]1CCN(C(=O)c2cccc(CN(C)C)c2)[C@H](CNC(=O)OC(C)(C)C)C1. The summed E-state index contributed by atoms with van der Waals surface area (Å²) in [4.78, 5) is 29.2. The molecule has 2 amide bonds. The van der Waals surface area contributed by atoms with Crippen LogP contribution >= 0.6 is 0 Å². The van der Waals surface area contributed by atoms with E-state index in [0.717, 1.165) is 18.5 Å². The predicted molar refractivity (Wildman–Crippen MR) is 113 cm³/mol. The molecule has 1 aromatic carbocycles. The molecule has 0 aromatic heterocycles. The Labute approximate surface area is 174 Å². The van der Waals surface area contributed by atoms with Gasteiger partial charge in [-0.15, -0.1) is 0 Å². The van der Waals surface area contributed by atoms with Crippen molar-refractivity contribution in [2.24, 2.45) is 0 Å². The summed E-state index contributed by atoms with van der Waals surface area (Å²) >= 11 is 0. The highest BCUT2D eigenvalue weighted by atomic mass is 16.6. The molecule has 0 aliphatic carbocycles. The minimum Gasteiger partial charge on any atom is -0.444 e. The second kappa shape index (κ2) is 10.1. The highest BCUT2D eigenvalue weighted by molar-refractivity contribution is 5.94. The van der Waals surface area contributed by atoms with Crippen LogP contribution in [0.4, 0.5) is 4.79 Å². The third-order valence-corrected chi connectivity index (χ3v) is 4.82. The fourth-order valence-electron chi connectivity index (χ4n) is 3.54. The zero-order valence-electron chi connectivity index (χ0n) is 18.5. The molecule has 0 saturated carbocycles. The smallest absolute Gasteiger partial charge is 0.407 e. The Bertz CT molecular complexity index is 700. The molecule has 7 heteroatoms. The van der Waals surface area contributed by atoms with E-state index in [1.165, 1.54) is 0 Å². The Kier molecular flexibility index (Phi) is 8.05. The summed E-state index contributed by atoms with van der Waals surface area (Å²) < 4.78 is 10.8. The van der Waals surface area contributed by atoms with E-state index < -0.39 is 11.7 Å². The third-order valence-electron chi connectivity index (χ3n) is 4.82. The maximum absolute atomic E-state index is 13.2. The van der Waals surface area contributed by atoms with E-state index >= 15 is 0 Å². The highest BCUT2D eigenvalue weighted by Crippen LogP contribution is 2.22. The Morgan fingerprint density at radius 3 is 2.62 bits per heavy atom. The van der Waals surface area contributed by atoms with Crippen molar-refractivity contribution < 1.29 is 19.1 Å². The van der Waals surface area contributed by atoms with Gasteiger partial charge in [-0.3, -0.25) is 4.79 Å². The lowest BCUT2D eigenvalue weighted by Gasteiger charge is -2.39. The molecule has 162 valence electrons. The Morgan fingerprint density at radius 1 is 1.28 bits per heavy atom. The van der Waals surface area contributed by atoms with Crippen LogP contribution in [0, 0.1) is 0 Å². The van der Waals surface area contributed by atoms with Crippen LogP contribution in [0.5, 0.6) is 0 Å². The Balaban J connectivity index is 2.11. The fraction of sp³-hybridized carbons (Fsp3) is 0.636. The minimum atomic E-state index is -0.561. The predicted octanol–water partition coefficient (Wildman–Crippen LogP) is 2.89. The summed E-state index contributed by atoms with van der Waals surface area (Å²) in [5, 5.41) is 2.81. The molecule has 7 nitrogen and oxygen atoms in total. The van der Waals surface area contributed by atoms with Crippen molar-refractivity contribution in [3.05, 3.63) is 35.4 Å². The molecule has 29 heavy (non-hydrogen) atoms. The van der Waals surface area contributed by atoms with Gasteiger partial charge in [0.25, 0.3) is 5.91 Å². The maximum atomic E-state index is 13.2. The fourth-order valence-corrected chi connectivity index (χ4v) is 3.54. The molecular weight excluding hydrogens is 370 g/mol. The second-order valence-electron chi connectivity index (χ2n) is 8.86. The van der Waals surface area contributed by atoms with E-state index in [1.54, 1.807) is 7.11 Å². The van der Waals surface area contributed by atoms with Gasteiger partial charge in [0, 0.05) is 32.3 Å². The number of methoxy groups -OCH3 is 1. The summed E-state index contributed by atoms with van der Waals surface area (Å²) in [7, 11) is 5.69. The van der Waals surface area contributed by atoms with Gasteiger partial charge >= 0.3 is 6.09 Å². The first-order valence-corrected chi connectivity index (χ1v) is 10.1. The van der Waals surface area contributed by atoms with Crippen molar-refractivity contribution in [1.29, 1.82) is 0 Å². The van der Waals surface area contributed by atoms with E-state index in [2.05, 4.69) is 10.2 Å². The molecular formula is C22H35N3O4. The van der Waals surface area contributed by atoms with Gasteiger partial charge in [0.2, 0.25) is 0 Å². The Hall–Kier alpha value is -2.12. The van der Waals surface area contributed by atoms with Gasteiger partial charge in [-0.1, -0.05) is 12.1 Å². The summed E-state index contributed by atoms with van der Waals surface area (Å²) in [6.45, 7) is 7.17. The topological polar surface area (TPSA) is 71.1 Å². The van der Waals surface area contributed by atoms with Gasteiger partial charge in [-0.25, -0.2) is 4.79 Å². The van der Waals surface area contributed by atoms with Crippen molar-refractivity contribution in [2.75, 3.05) is 34.3 Å². The standard InChI is InChI=1S/C22H35N3O4/c1-22(2,3)29-21(27)23-14-18-13-19(28-6)10-11-25(18)20(26)17-9-7-8-16(12-17)15-24(4)5/h7-9,12,18-19H,10-11,13-15H2,1-6H3,(H,23,27)/t18-,19+/m0/s1. The zero-order valence-corrected chi connectivity index (χ0v) is 18.5. The number of hydrogen-bond acceptors (Lipinski definition) is 5. The van der Waals surface area contributed by atoms with Crippen LogP contribution in [-0.4, -0.2) is 73.8 Å². The van der Waals surface area contributed by atoms with E-state index in [9.17, 15) is 9.59 Å². The number of nitrogens with one attached hydrogen (secondary N) is 1. The lowest BCUT2D eigenvalue weighted by atomic mass is 9.97. The molecule has 0 bridgehead atoms. The van der Waals surface area contributed by atoms with Gasteiger partial charge in [0.1, 0.15) is 5.60 Å². The average Bonchev–Trinajstić information content (AvgIpc) is 2.64. The summed E-state index contributed by atoms with van der Waals surface area (Å²) in [5.74, 6) is -0.0175. The number of piperidine rings is 1. The van der Waals surface area contributed by atoms with Crippen LogP contribution in [0.25, 0.3) is 0 Å². The van der Waals surface area contributed by atoms with Crippen LogP contribution in [-0.2, 0) is 16.0 Å². The van der Waals surface area contributed by atoms with Gasteiger partial charge < -0.3 is 24.6 Å². The summed E-state index contributed by atoms with van der Waals surface area (Å²) in [5.41, 5.74) is 1.20. The number of ether oxygens (including phenoxy) is 2. The summed E-state index contributed by atoms with van der Waals surface area (Å²) in [6, 6.07) is 7.59. The van der Waals surface area contributed by atoms with Crippen LogP contribution in [0.15, 0.2) is 24.3 Å². The van der Waals surface area contributed by atoms with E-state index in [4.69, 9.17) is 9.47 Å². The van der Waals surface area contributed by atoms with Crippen molar-refractivity contribution in [1.82, 2.24) is 15.1 Å². The van der Waals surface area contributed by atoms with Gasteiger partial charge in [-0.05, 0) is 65.4 Å². The van der Waals surface area contributed by atoms with Gasteiger partial charge in [-0.2, -0.15) is 0 Å². The average molecular weight is 406 g/mol. The number of hydrogen-bond donors (Lipinski definition) is 1. The summed E-state index contributed by atoms with van der Waals surface area (Å²) in [6.07, 6.45) is 1.06. The molecule has 2 rings (SSSR count). The molecule has 1 N–H and O–H groups in total. The van der Waals surface area contributed by atoms with Crippen LogP contribution in [0.2, 0.25) is 0 Å². The van der Waals surface area contributed by atoms with Crippen molar-refractivity contribution in [2.45, 2.75) is 57.9 Å². The molecule has 2 atom stereocenters. The number of nitrogens with zero attached hydrogens (tertiary/aromatic N) is 2. The number of rotatable bonds is 6. The van der Waals surface area contributed by atoms with E-state index in [0.29, 0.717) is 25.1 Å². The molecule has 1 saturated heterocycles. The number of carbonyl (C=O) groups is 2. The van der Waals surface area contributed by atoms with Crippen molar-refractivity contribution in [3.63, 3.8) is 0 Å². The lowest BCUT2D eigenvalue weighted by Crippen LogP contribution is -2.53. The monoisotopic (exact) mass is 405 g/mol. The van der Waals surface area contributed by atoms with E-state index in [-0.39, 0.29) is 18.1 Å².